The smallest absolute Gasteiger partial charge is 0.276 e. The van der Waals surface area contributed by atoms with Crippen molar-refractivity contribution < 1.29 is 9.59 Å². The Labute approximate surface area is 158 Å². The Morgan fingerprint density at radius 1 is 0.889 bits per heavy atom. The molecule has 1 aromatic heterocycles. The Balaban J connectivity index is 1.35. The van der Waals surface area contributed by atoms with Crippen LogP contribution >= 0.6 is 0 Å². The molecule has 4 rings (SSSR count). The number of hydrogen-bond donors (Lipinski definition) is 0. The molecule has 0 atom stereocenters. The van der Waals surface area contributed by atoms with Crippen LogP contribution in [-0.4, -0.2) is 62.8 Å². The lowest BCUT2D eigenvalue weighted by molar-refractivity contribution is -0.137. The van der Waals surface area contributed by atoms with Crippen molar-refractivity contribution in [3.8, 4) is 5.69 Å². The molecule has 7 heteroatoms. The Morgan fingerprint density at radius 2 is 1.59 bits per heavy atom. The third kappa shape index (κ3) is 3.86. The molecule has 2 amide bonds. The minimum absolute atomic E-state index is 0.0483. The number of nitrogens with zero attached hydrogens (tertiary/aromatic N) is 5. The van der Waals surface area contributed by atoms with E-state index in [0.717, 1.165) is 44.5 Å². The van der Waals surface area contributed by atoms with Crippen LogP contribution in [0.4, 0.5) is 0 Å². The average Bonchev–Trinajstić information content (AvgIpc) is 3.24. The van der Waals surface area contributed by atoms with E-state index in [2.05, 4.69) is 10.2 Å². The van der Waals surface area contributed by atoms with Crippen molar-refractivity contribution in [1.82, 2.24) is 24.8 Å². The highest BCUT2D eigenvalue weighted by atomic mass is 16.2. The van der Waals surface area contributed by atoms with Gasteiger partial charge in [0.05, 0.1) is 11.9 Å². The van der Waals surface area contributed by atoms with Crippen molar-refractivity contribution >= 4 is 11.8 Å². The molecule has 0 saturated carbocycles. The molecule has 3 heterocycles. The van der Waals surface area contributed by atoms with E-state index in [1.165, 1.54) is 17.4 Å². The number of carbonyl (C=O) groups is 2. The zero-order valence-corrected chi connectivity index (χ0v) is 15.5. The molecule has 2 saturated heterocycles. The van der Waals surface area contributed by atoms with Crippen LogP contribution in [0.2, 0.25) is 0 Å². The van der Waals surface area contributed by atoms with Gasteiger partial charge in [0.15, 0.2) is 5.69 Å². The highest BCUT2D eigenvalue weighted by Crippen LogP contribution is 2.22. The molecule has 142 valence electrons. The number of piperidine rings is 2. The summed E-state index contributed by atoms with van der Waals surface area (Å²) in [6, 6.07) is 9.53. The fourth-order valence-corrected chi connectivity index (χ4v) is 3.91. The van der Waals surface area contributed by atoms with Gasteiger partial charge in [0.1, 0.15) is 0 Å². The lowest BCUT2D eigenvalue weighted by Crippen LogP contribution is -2.45. The molecule has 2 aromatic rings. The van der Waals surface area contributed by atoms with Gasteiger partial charge in [-0.15, -0.1) is 5.10 Å². The highest BCUT2D eigenvalue weighted by Gasteiger charge is 2.31. The summed E-state index contributed by atoms with van der Waals surface area (Å²) in [7, 11) is 0. The number of para-hydroxylation sites is 1. The maximum atomic E-state index is 12.7. The van der Waals surface area contributed by atoms with E-state index in [-0.39, 0.29) is 17.7 Å². The third-order valence-corrected chi connectivity index (χ3v) is 5.50. The molecule has 1 aromatic carbocycles. The van der Waals surface area contributed by atoms with Crippen molar-refractivity contribution in [1.29, 1.82) is 0 Å². The van der Waals surface area contributed by atoms with Crippen LogP contribution in [0.5, 0.6) is 0 Å². The van der Waals surface area contributed by atoms with Gasteiger partial charge in [-0.1, -0.05) is 18.2 Å². The summed E-state index contributed by atoms with van der Waals surface area (Å²) in [5, 5.41) is 8.53. The molecule has 27 heavy (non-hydrogen) atoms. The minimum atomic E-state index is -0.110. The summed E-state index contributed by atoms with van der Waals surface area (Å²) in [6.45, 7) is 2.98. The number of likely N-dealkylation sites (tertiary alicyclic amines) is 2. The van der Waals surface area contributed by atoms with Crippen molar-refractivity contribution in [2.45, 2.75) is 32.1 Å². The van der Waals surface area contributed by atoms with Crippen LogP contribution in [-0.2, 0) is 4.79 Å². The van der Waals surface area contributed by atoms with E-state index in [9.17, 15) is 9.59 Å². The summed E-state index contributed by atoms with van der Waals surface area (Å²) >= 11 is 0. The van der Waals surface area contributed by atoms with Gasteiger partial charge in [0.25, 0.3) is 5.91 Å². The van der Waals surface area contributed by atoms with Crippen molar-refractivity contribution in [2.24, 2.45) is 5.92 Å². The van der Waals surface area contributed by atoms with Gasteiger partial charge in [0.2, 0.25) is 5.91 Å². The molecule has 0 unspecified atom stereocenters. The average molecular weight is 367 g/mol. The van der Waals surface area contributed by atoms with E-state index in [0.29, 0.717) is 18.8 Å². The van der Waals surface area contributed by atoms with Crippen LogP contribution in [0.15, 0.2) is 36.5 Å². The van der Waals surface area contributed by atoms with Crippen LogP contribution in [0, 0.1) is 5.92 Å². The number of hydrogen-bond acceptors (Lipinski definition) is 4. The molecule has 0 bridgehead atoms. The quantitative estimate of drug-likeness (QED) is 0.833. The third-order valence-electron chi connectivity index (χ3n) is 5.50. The fraction of sp³-hybridized carbons (Fsp3) is 0.500. The first kappa shape index (κ1) is 17.7. The first-order valence-electron chi connectivity index (χ1n) is 9.78. The SMILES string of the molecule is O=C(c1cnn(-c2ccccc2)n1)N1CCC(C(=O)N2CCCCC2)CC1. The monoisotopic (exact) mass is 367 g/mol. The Bertz CT molecular complexity index is 790. The maximum absolute atomic E-state index is 12.7. The normalized spacial score (nSPS) is 18.5. The lowest BCUT2D eigenvalue weighted by Gasteiger charge is -2.35. The van der Waals surface area contributed by atoms with E-state index in [1.54, 1.807) is 4.90 Å². The summed E-state index contributed by atoms with van der Waals surface area (Å²) < 4.78 is 0. The Morgan fingerprint density at radius 3 is 2.30 bits per heavy atom. The largest absolute Gasteiger partial charge is 0.342 e. The van der Waals surface area contributed by atoms with E-state index >= 15 is 0 Å². The number of aromatic nitrogens is 3. The standard InChI is InChI=1S/C20H25N5O2/c26-19(23-11-5-2-6-12-23)16-9-13-24(14-10-16)20(27)18-15-21-25(22-18)17-7-3-1-4-8-17/h1,3-4,7-8,15-16H,2,5-6,9-14H2. The zero-order chi connectivity index (χ0) is 18.6. The lowest BCUT2D eigenvalue weighted by atomic mass is 9.94. The minimum Gasteiger partial charge on any atom is -0.342 e. The second-order valence-corrected chi connectivity index (χ2v) is 7.31. The second kappa shape index (κ2) is 7.90. The summed E-state index contributed by atoms with van der Waals surface area (Å²) in [5.74, 6) is 0.213. The predicted octanol–water partition coefficient (Wildman–Crippen LogP) is 2.13. The van der Waals surface area contributed by atoms with Gasteiger partial charge >= 0.3 is 0 Å². The first-order valence-corrected chi connectivity index (χ1v) is 9.78. The molecule has 2 aliphatic rings. The van der Waals surface area contributed by atoms with Gasteiger partial charge in [-0.05, 0) is 44.2 Å². The van der Waals surface area contributed by atoms with Crippen LogP contribution in [0.1, 0.15) is 42.6 Å². The molecule has 0 radical (unpaired) electrons. The first-order chi connectivity index (χ1) is 13.2. The summed E-state index contributed by atoms with van der Waals surface area (Å²) in [5.41, 5.74) is 1.17. The van der Waals surface area contributed by atoms with Gasteiger partial charge in [0, 0.05) is 32.1 Å². The molecule has 0 N–H and O–H groups in total. The Hall–Kier alpha value is -2.70. The topological polar surface area (TPSA) is 71.3 Å². The predicted molar refractivity (Wildman–Crippen MR) is 100 cm³/mol. The number of carbonyl (C=O) groups excluding carboxylic acids is 2. The van der Waals surface area contributed by atoms with Crippen molar-refractivity contribution in [3.63, 3.8) is 0 Å². The number of rotatable bonds is 3. The van der Waals surface area contributed by atoms with Gasteiger partial charge < -0.3 is 9.80 Å². The van der Waals surface area contributed by atoms with Gasteiger partial charge in [-0.2, -0.15) is 9.90 Å². The number of amides is 2. The van der Waals surface area contributed by atoms with Crippen molar-refractivity contribution in [3.05, 3.63) is 42.2 Å². The summed E-state index contributed by atoms with van der Waals surface area (Å²) in [4.78, 5) is 30.7. The van der Waals surface area contributed by atoms with Crippen molar-refractivity contribution in [2.75, 3.05) is 26.2 Å². The van der Waals surface area contributed by atoms with Gasteiger partial charge in [-0.25, -0.2) is 0 Å². The fourth-order valence-electron chi connectivity index (χ4n) is 3.91. The molecule has 0 spiro atoms. The summed E-state index contributed by atoms with van der Waals surface area (Å²) in [6.07, 6.45) is 6.42. The molecular weight excluding hydrogens is 342 g/mol. The molecule has 0 aliphatic carbocycles. The van der Waals surface area contributed by atoms with E-state index in [4.69, 9.17) is 0 Å². The van der Waals surface area contributed by atoms with Crippen LogP contribution in [0.3, 0.4) is 0 Å². The van der Waals surface area contributed by atoms with E-state index < -0.39 is 0 Å². The zero-order valence-electron chi connectivity index (χ0n) is 15.5. The second-order valence-electron chi connectivity index (χ2n) is 7.31. The highest BCUT2D eigenvalue weighted by molar-refractivity contribution is 5.92. The molecular formula is C20H25N5O2. The van der Waals surface area contributed by atoms with Gasteiger partial charge in [-0.3, -0.25) is 9.59 Å². The Kier molecular flexibility index (Phi) is 5.18. The van der Waals surface area contributed by atoms with Crippen LogP contribution in [0.25, 0.3) is 5.69 Å². The molecule has 2 fully saturated rings. The maximum Gasteiger partial charge on any atom is 0.276 e. The van der Waals surface area contributed by atoms with Crippen LogP contribution < -0.4 is 0 Å². The molecule has 7 nitrogen and oxygen atoms in total. The number of benzene rings is 1. The molecule has 2 aliphatic heterocycles. The van der Waals surface area contributed by atoms with E-state index in [1.807, 2.05) is 35.2 Å².